The molecule has 7 heteroatoms. The van der Waals surface area contributed by atoms with Gasteiger partial charge in [0.15, 0.2) is 0 Å². The predicted molar refractivity (Wildman–Crippen MR) is 93.5 cm³/mol. The number of likely N-dealkylation sites (N-methyl/N-ethyl adjacent to an activating group) is 1. The van der Waals surface area contributed by atoms with E-state index in [-0.39, 0.29) is 11.7 Å². The lowest BCUT2D eigenvalue weighted by Crippen LogP contribution is -2.30. The Hall–Kier alpha value is -1.66. The molecule has 1 aliphatic carbocycles. The fourth-order valence-corrected chi connectivity index (χ4v) is 3.86. The van der Waals surface area contributed by atoms with Gasteiger partial charge in [-0.15, -0.1) is 0 Å². The number of fused-ring (bicyclic) bond motifs is 1. The van der Waals surface area contributed by atoms with Crippen LogP contribution in [0.15, 0.2) is 36.4 Å². The maximum atomic E-state index is 10.7. The molecule has 2 aromatic rings. The molecule has 0 aromatic heterocycles. The number of halogens is 2. The molecule has 0 unspecified atom stereocenters. The molecule has 0 saturated carbocycles. The molecule has 126 valence electrons. The second-order valence-corrected chi connectivity index (χ2v) is 6.85. The number of rotatable bonds is 4. The SMILES string of the molecule is CN(Cc1ccc([N+](=O)[O-])cc1)[C@H]1c2cc(Cl)cc(Cl)c2C[C@H]1O. The molecule has 0 radical (unpaired) electrons. The predicted octanol–water partition coefficient (Wildman–Crippen LogP) is 3.99. The first-order chi connectivity index (χ1) is 11.4. The summed E-state index contributed by atoms with van der Waals surface area (Å²) < 4.78 is 0. The maximum absolute atomic E-state index is 10.7. The number of benzene rings is 2. The van der Waals surface area contributed by atoms with Crippen LogP contribution in [0.5, 0.6) is 0 Å². The normalized spacial score (nSPS) is 19.5. The molecule has 2 aromatic carbocycles. The molecule has 0 spiro atoms. The van der Waals surface area contributed by atoms with Crippen LogP contribution in [0, 0.1) is 10.1 Å². The fraction of sp³-hybridized carbons (Fsp3) is 0.294. The topological polar surface area (TPSA) is 66.6 Å². The Bertz CT molecular complexity index is 780. The Morgan fingerprint density at radius 1 is 1.29 bits per heavy atom. The third-order valence-corrected chi connectivity index (χ3v) is 4.90. The molecular weight excluding hydrogens is 351 g/mol. The molecule has 0 saturated heterocycles. The largest absolute Gasteiger partial charge is 0.391 e. The van der Waals surface area contributed by atoms with E-state index in [1.165, 1.54) is 12.1 Å². The van der Waals surface area contributed by atoms with Crippen molar-refractivity contribution in [2.24, 2.45) is 0 Å². The first-order valence-electron chi connectivity index (χ1n) is 7.46. The summed E-state index contributed by atoms with van der Waals surface area (Å²) in [4.78, 5) is 12.3. The molecule has 5 nitrogen and oxygen atoms in total. The minimum Gasteiger partial charge on any atom is -0.391 e. The van der Waals surface area contributed by atoms with Crippen LogP contribution in [0.4, 0.5) is 5.69 Å². The lowest BCUT2D eigenvalue weighted by Gasteiger charge is -2.28. The number of hydrogen-bond donors (Lipinski definition) is 1. The number of nitro benzene ring substituents is 1. The van der Waals surface area contributed by atoms with Gasteiger partial charge >= 0.3 is 0 Å². The summed E-state index contributed by atoms with van der Waals surface area (Å²) in [5.74, 6) is 0. The van der Waals surface area contributed by atoms with Gasteiger partial charge in [0, 0.05) is 35.1 Å². The van der Waals surface area contributed by atoms with Gasteiger partial charge < -0.3 is 5.11 Å². The first kappa shape index (κ1) is 17.2. The molecule has 1 N–H and O–H groups in total. The number of hydrogen-bond acceptors (Lipinski definition) is 4. The zero-order valence-corrected chi connectivity index (χ0v) is 14.5. The smallest absolute Gasteiger partial charge is 0.269 e. The number of nitro groups is 1. The second kappa shape index (κ2) is 6.69. The fourth-order valence-electron chi connectivity index (χ4n) is 3.27. The summed E-state index contributed by atoms with van der Waals surface area (Å²) in [6.07, 6.45) is -0.0836. The van der Waals surface area contributed by atoms with Crippen LogP contribution in [0.2, 0.25) is 10.0 Å². The summed E-state index contributed by atoms with van der Waals surface area (Å²) >= 11 is 12.3. The quantitative estimate of drug-likeness (QED) is 0.656. The van der Waals surface area contributed by atoms with Crippen LogP contribution < -0.4 is 0 Å². The van der Waals surface area contributed by atoms with Crippen molar-refractivity contribution in [3.8, 4) is 0 Å². The van der Waals surface area contributed by atoms with Crippen molar-refractivity contribution < 1.29 is 10.0 Å². The lowest BCUT2D eigenvalue weighted by atomic mass is 10.1. The molecule has 0 bridgehead atoms. The Balaban J connectivity index is 1.83. The van der Waals surface area contributed by atoms with Crippen molar-refractivity contribution in [3.63, 3.8) is 0 Å². The van der Waals surface area contributed by atoms with Gasteiger partial charge in [-0.05, 0) is 35.9 Å². The van der Waals surface area contributed by atoms with Gasteiger partial charge in [0.05, 0.1) is 17.1 Å². The number of aliphatic hydroxyl groups is 1. The monoisotopic (exact) mass is 366 g/mol. The average molecular weight is 367 g/mol. The maximum Gasteiger partial charge on any atom is 0.269 e. The highest BCUT2D eigenvalue weighted by Gasteiger charge is 2.35. The molecule has 0 heterocycles. The van der Waals surface area contributed by atoms with Gasteiger partial charge in [0.1, 0.15) is 0 Å². The van der Waals surface area contributed by atoms with Crippen molar-refractivity contribution >= 4 is 28.9 Å². The third kappa shape index (κ3) is 3.26. The van der Waals surface area contributed by atoms with Gasteiger partial charge in [0.25, 0.3) is 5.69 Å². The van der Waals surface area contributed by atoms with Gasteiger partial charge in [-0.25, -0.2) is 0 Å². The van der Waals surface area contributed by atoms with Gasteiger partial charge in [-0.3, -0.25) is 15.0 Å². The van der Waals surface area contributed by atoms with E-state index < -0.39 is 11.0 Å². The van der Waals surface area contributed by atoms with Crippen LogP contribution in [-0.4, -0.2) is 28.1 Å². The van der Waals surface area contributed by atoms with Crippen molar-refractivity contribution in [1.29, 1.82) is 0 Å². The summed E-state index contributed by atoms with van der Waals surface area (Å²) in [6.45, 7) is 0.545. The number of non-ortho nitro benzene ring substituents is 1. The Morgan fingerprint density at radius 3 is 2.58 bits per heavy atom. The minimum absolute atomic E-state index is 0.0613. The summed E-state index contributed by atoms with van der Waals surface area (Å²) in [6, 6.07) is 9.73. The summed E-state index contributed by atoms with van der Waals surface area (Å²) in [5, 5.41) is 22.3. The molecule has 0 amide bonds. The van der Waals surface area contributed by atoms with Gasteiger partial charge in [-0.2, -0.15) is 0 Å². The van der Waals surface area contributed by atoms with E-state index in [1.807, 2.05) is 18.0 Å². The van der Waals surface area contributed by atoms with E-state index in [1.54, 1.807) is 18.2 Å². The average Bonchev–Trinajstić information content (AvgIpc) is 2.84. The highest BCUT2D eigenvalue weighted by atomic mass is 35.5. The highest BCUT2D eigenvalue weighted by Crippen LogP contribution is 2.41. The van der Waals surface area contributed by atoms with Crippen LogP contribution in [-0.2, 0) is 13.0 Å². The van der Waals surface area contributed by atoms with E-state index in [9.17, 15) is 15.2 Å². The lowest BCUT2D eigenvalue weighted by molar-refractivity contribution is -0.384. The summed E-state index contributed by atoms with van der Waals surface area (Å²) in [7, 11) is 1.90. The third-order valence-electron chi connectivity index (χ3n) is 4.35. The molecule has 3 rings (SSSR count). The Labute approximate surface area is 149 Å². The molecule has 0 fully saturated rings. The van der Waals surface area contributed by atoms with Gasteiger partial charge in [0.2, 0.25) is 0 Å². The van der Waals surface area contributed by atoms with Crippen LogP contribution >= 0.6 is 23.2 Å². The van der Waals surface area contributed by atoms with E-state index in [4.69, 9.17) is 23.2 Å². The highest BCUT2D eigenvalue weighted by molar-refractivity contribution is 6.35. The van der Waals surface area contributed by atoms with E-state index in [0.717, 1.165) is 16.7 Å². The van der Waals surface area contributed by atoms with Crippen molar-refractivity contribution in [2.75, 3.05) is 7.05 Å². The minimum atomic E-state index is -0.570. The zero-order chi connectivity index (χ0) is 17.4. The molecule has 1 aliphatic rings. The number of nitrogens with zero attached hydrogens (tertiary/aromatic N) is 2. The molecule has 24 heavy (non-hydrogen) atoms. The van der Waals surface area contributed by atoms with Gasteiger partial charge in [-0.1, -0.05) is 35.3 Å². The van der Waals surface area contributed by atoms with Crippen LogP contribution in [0.3, 0.4) is 0 Å². The first-order valence-corrected chi connectivity index (χ1v) is 8.22. The Morgan fingerprint density at radius 2 is 1.96 bits per heavy atom. The standard InChI is InChI=1S/C17H16Cl2N2O3/c1-20(9-10-2-4-12(5-3-10)21(23)24)17-14-6-11(18)7-15(19)13(14)8-16(17)22/h2-7,16-17,22H,8-9H2,1H3/t16-,17+/m1/s1. The van der Waals surface area contributed by atoms with E-state index in [0.29, 0.717) is 23.0 Å². The van der Waals surface area contributed by atoms with E-state index in [2.05, 4.69) is 0 Å². The van der Waals surface area contributed by atoms with E-state index >= 15 is 0 Å². The van der Waals surface area contributed by atoms with Crippen LogP contribution in [0.25, 0.3) is 0 Å². The van der Waals surface area contributed by atoms with Crippen molar-refractivity contribution in [3.05, 3.63) is 73.2 Å². The van der Waals surface area contributed by atoms with Crippen LogP contribution in [0.1, 0.15) is 22.7 Å². The Kier molecular flexibility index (Phi) is 4.78. The summed E-state index contributed by atoms with van der Waals surface area (Å²) in [5.41, 5.74) is 2.85. The zero-order valence-electron chi connectivity index (χ0n) is 12.9. The molecular formula is C17H16Cl2N2O3. The second-order valence-electron chi connectivity index (χ2n) is 6.01. The molecule has 0 aliphatic heterocycles. The molecule has 2 atom stereocenters. The number of aliphatic hydroxyl groups excluding tert-OH is 1. The van der Waals surface area contributed by atoms with Crippen molar-refractivity contribution in [2.45, 2.75) is 25.1 Å². The van der Waals surface area contributed by atoms with Crippen molar-refractivity contribution in [1.82, 2.24) is 4.90 Å².